The van der Waals surface area contributed by atoms with Crippen LogP contribution in [-0.2, 0) is 6.61 Å². The number of aliphatic hydroxyl groups excluding tert-OH is 1. The normalized spacial score (nSPS) is 11.1. The van der Waals surface area contributed by atoms with Gasteiger partial charge in [0.2, 0.25) is 0 Å². The van der Waals surface area contributed by atoms with E-state index in [-0.39, 0.29) is 6.61 Å². The molecule has 1 heterocycles. The van der Waals surface area contributed by atoms with Crippen LogP contribution in [0.1, 0.15) is 5.56 Å². The number of thiophene rings is 1. The molecule has 0 unspecified atom stereocenters. The van der Waals surface area contributed by atoms with E-state index < -0.39 is 0 Å². The third-order valence-electron chi connectivity index (χ3n) is 2.12. The third kappa shape index (κ3) is 1.67. The van der Waals surface area contributed by atoms with Gasteiger partial charge in [0.25, 0.3) is 0 Å². The summed E-state index contributed by atoms with van der Waals surface area (Å²) in [5, 5.41) is 12.4. The summed E-state index contributed by atoms with van der Waals surface area (Å²) in [4.78, 5) is 2.15. The zero-order chi connectivity index (χ0) is 10.1. The highest BCUT2D eigenvalue weighted by Gasteiger charge is 2.07. The van der Waals surface area contributed by atoms with E-state index in [0.717, 1.165) is 15.8 Å². The summed E-state index contributed by atoms with van der Waals surface area (Å²) >= 11 is 7.75. The van der Waals surface area contributed by atoms with Crippen molar-refractivity contribution in [3.63, 3.8) is 0 Å². The number of aliphatic hydroxyl groups is 1. The zero-order valence-electron chi connectivity index (χ0n) is 7.65. The van der Waals surface area contributed by atoms with Crippen LogP contribution in [0, 0.1) is 0 Å². The first-order valence-electron chi connectivity index (χ1n) is 4.14. The minimum atomic E-state index is 0.0786. The van der Waals surface area contributed by atoms with E-state index in [0.29, 0.717) is 0 Å². The van der Waals surface area contributed by atoms with E-state index in [4.69, 9.17) is 0 Å². The molecular formula is C10H10OS3. The first kappa shape index (κ1) is 10.4. The molecule has 1 aromatic heterocycles. The minimum absolute atomic E-state index is 0.0786. The van der Waals surface area contributed by atoms with Gasteiger partial charge in [0.15, 0.2) is 0 Å². The molecular weight excluding hydrogens is 232 g/mol. The van der Waals surface area contributed by atoms with Crippen molar-refractivity contribution in [3.8, 4) is 0 Å². The van der Waals surface area contributed by atoms with Crippen molar-refractivity contribution in [2.24, 2.45) is 0 Å². The van der Waals surface area contributed by atoms with Gasteiger partial charge in [-0.25, -0.2) is 0 Å². The molecule has 0 aliphatic rings. The molecule has 2 rings (SSSR count). The Morgan fingerprint density at radius 2 is 2.29 bits per heavy atom. The molecule has 0 aliphatic heterocycles. The molecule has 2 aromatic rings. The van der Waals surface area contributed by atoms with E-state index in [2.05, 4.69) is 18.7 Å². The van der Waals surface area contributed by atoms with Crippen molar-refractivity contribution in [2.45, 2.75) is 16.4 Å². The number of hydrogen-bond acceptors (Lipinski definition) is 4. The predicted molar refractivity (Wildman–Crippen MR) is 66.8 cm³/mol. The van der Waals surface area contributed by atoms with E-state index in [1.54, 1.807) is 23.1 Å². The molecule has 0 radical (unpaired) electrons. The molecule has 0 saturated carbocycles. The zero-order valence-corrected chi connectivity index (χ0v) is 10.2. The standard InChI is InChI=1S/C10H10OS3/c1-13-7-2-6(4-11)10-8(12)5-14-9(10)3-7/h2-3,5,11-12H,4H2,1H3. The van der Waals surface area contributed by atoms with Crippen molar-refractivity contribution in [1.82, 2.24) is 0 Å². The Morgan fingerprint density at radius 3 is 2.93 bits per heavy atom. The number of fused-ring (bicyclic) bond motifs is 1. The van der Waals surface area contributed by atoms with Gasteiger partial charge in [-0.2, -0.15) is 0 Å². The monoisotopic (exact) mass is 242 g/mol. The van der Waals surface area contributed by atoms with Gasteiger partial charge in [0.1, 0.15) is 0 Å². The average molecular weight is 242 g/mol. The van der Waals surface area contributed by atoms with Crippen LogP contribution in [0.3, 0.4) is 0 Å². The summed E-state index contributed by atoms with van der Waals surface area (Å²) in [6, 6.07) is 4.17. The van der Waals surface area contributed by atoms with Gasteiger partial charge in [0.05, 0.1) is 6.61 Å². The number of hydrogen-bond donors (Lipinski definition) is 2. The average Bonchev–Trinajstić information content (AvgIpc) is 2.59. The topological polar surface area (TPSA) is 20.2 Å². The Balaban J connectivity index is 2.76. The van der Waals surface area contributed by atoms with Crippen LogP contribution in [0.25, 0.3) is 10.1 Å². The van der Waals surface area contributed by atoms with E-state index in [1.807, 2.05) is 17.7 Å². The summed E-state index contributed by atoms with van der Waals surface area (Å²) in [6.07, 6.45) is 2.04. The Bertz CT molecular complexity index is 462. The molecule has 0 fully saturated rings. The number of thiol groups is 1. The number of rotatable bonds is 2. The maximum atomic E-state index is 9.26. The van der Waals surface area contributed by atoms with Crippen molar-refractivity contribution >= 4 is 45.8 Å². The van der Waals surface area contributed by atoms with Crippen LogP contribution < -0.4 is 0 Å². The van der Waals surface area contributed by atoms with Gasteiger partial charge in [-0.3, -0.25) is 0 Å². The SMILES string of the molecule is CSc1cc(CO)c2c(S)csc2c1. The first-order chi connectivity index (χ1) is 6.76. The fourth-order valence-corrected chi connectivity index (χ4v) is 3.43. The maximum Gasteiger partial charge on any atom is 0.0688 e. The van der Waals surface area contributed by atoms with Crippen LogP contribution >= 0.6 is 35.7 Å². The molecule has 4 heteroatoms. The third-order valence-corrected chi connectivity index (χ3v) is 4.28. The molecule has 1 aromatic carbocycles. The second-order valence-corrected chi connectivity index (χ2v) is 5.21. The van der Waals surface area contributed by atoms with Crippen molar-refractivity contribution in [1.29, 1.82) is 0 Å². The molecule has 0 aliphatic carbocycles. The highest BCUT2D eigenvalue weighted by atomic mass is 32.2. The van der Waals surface area contributed by atoms with Crippen molar-refractivity contribution in [2.75, 3.05) is 6.26 Å². The summed E-state index contributed by atoms with van der Waals surface area (Å²) in [5.74, 6) is 0. The molecule has 0 bridgehead atoms. The first-order valence-corrected chi connectivity index (χ1v) is 6.69. The minimum Gasteiger partial charge on any atom is -0.392 e. The lowest BCUT2D eigenvalue weighted by Crippen LogP contribution is -1.85. The molecule has 0 amide bonds. The highest BCUT2D eigenvalue weighted by molar-refractivity contribution is 7.98. The predicted octanol–water partition coefficient (Wildman–Crippen LogP) is 3.40. The fraction of sp³-hybridized carbons (Fsp3) is 0.200. The van der Waals surface area contributed by atoms with Crippen LogP contribution in [0.2, 0.25) is 0 Å². The molecule has 1 nitrogen and oxygen atoms in total. The molecule has 74 valence electrons. The smallest absolute Gasteiger partial charge is 0.0688 e. The van der Waals surface area contributed by atoms with Gasteiger partial charge < -0.3 is 5.11 Å². The molecule has 0 saturated heterocycles. The summed E-state index contributed by atoms with van der Waals surface area (Å²) in [5.41, 5.74) is 0.970. The van der Waals surface area contributed by atoms with E-state index in [9.17, 15) is 5.11 Å². The lowest BCUT2D eigenvalue weighted by atomic mass is 10.1. The Hall–Kier alpha value is -0.160. The fourth-order valence-electron chi connectivity index (χ4n) is 1.45. The quantitative estimate of drug-likeness (QED) is 0.622. The van der Waals surface area contributed by atoms with Gasteiger partial charge >= 0.3 is 0 Å². The van der Waals surface area contributed by atoms with Gasteiger partial charge in [-0.15, -0.1) is 35.7 Å². The van der Waals surface area contributed by atoms with Crippen LogP contribution in [0.5, 0.6) is 0 Å². The number of thioether (sulfide) groups is 1. The highest BCUT2D eigenvalue weighted by Crippen LogP contribution is 2.34. The molecule has 14 heavy (non-hydrogen) atoms. The Kier molecular flexibility index (Phi) is 3.07. The Labute approximate surface area is 96.6 Å². The van der Waals surface area contributed by atoms with Crippen molar-refractivity contribution in [3.05, 3.63) is 23.1 Å². The lowest BCUT2D eigenvalue weighted by molar-refractivity contribution is 0.283. The van der Waals surface area contributed by atoms with Crippen molar-refractivity contribution < 1.29 is 5.11 Å². The van der Waals surface area contributed by atoms with E-state index in [1.165, 1.54) is 9.60 Å². The summed E-state index contributed by atoms with van der Waals surface area (Å²) in [7, 11) is 0. The maximum absolute atomic E-state index is 9.26. The van der Waals surface area contributed by atoms with E-state index >= 15 is 0 Å². The van der Waals surface area contributed by atoms with Crippen LogP contribution in [-0.4, -0.2) is 11.4 Å². The second-order valence-electron chi connectivity index (χ2n) is 2.94. The lowest BCUT2D eigenvalue weighted by Gasteiger charge is -2.03. The summed E-state index contributed by atoms with van der Waals surface area (Å²) in [6.45, 7) is 0.0786. The summed E-state index contributed by atoms with van der Waals surface area (Å²) < 4.78 is 1.20. The van der Waals surface area contributed by atoms with Crippen LogP contribution in [0.15, 0.2) is 27.3 Å². The van der Waals surface area contributed by atoms with Gasteiger partial charge in [0, 0.05) is 25.3 Å². The Morgan fingerprint density at radius 1 is 1.50 bits per heavy atom. The molecule has 1 N–H and O–H groups in total. The van der Waals surface area contributed by atoms with Gasteiger partial charge in [-0.05, 0) is 24.0 Å². The second kappa shape index (κ2) is 4.14. The van der Waals surface area contributed by atoms with Crippen LogP contribution in [0.4, 0.5) is 0 Å². The molecule has 0 spiro atoms. The largest absolute Gasteiger partial charge is 0.392 e. The van der Waals surface area contributed by atoms with Gasteiger partial charge in [-0.1, -0.05) is 0 Å². The number of benzene rings is 1. The molecule has 0 atom stereocenters.